The van der Waals surface area contributed by atoms with E-state index in [1.165, 1.54) is 0 Å². The molecular formula is C17H24ClNO3. The van der Waals surface area contributed by atoms with Crippen LogP contribution >= 0.6 is 11.6 Å². The minimum Gasteiger partial charge on any atom is -0.443 e. The van der Waals surface area contributed by atoms with Crippen LogP contribution in [0.25, 0.3) is 0 Å². The van der Waals surface area contributed by atoms with E-state index in [4.69, 9.17) is 21.1 Å². The Morgan fingerprint density at radius 1 is 1.41 bits per heavy atom. The molecule has 0 bridgehead atoms. The Morgan fingerprint density at radius 2 is 2.09 bits per heavy atom. The zero-order valence-corrected chi connectivity index (χ0v) is 14.6. The highest BCUT2D eigenvalue weighted by Crippen LogP contribution is 2.40. The molecule has 5 heteroatoms. The summed E-state index contributed by atoms with van der Waals surface area (Å²) in [7, 11) is 0. The van der Waals surface area contributed by atoms with Crippen LogP contribution in [0.3, 0.4) is 0 Å². The van der Waals surface area contributed by atoms with Gasteiger partial charge < -0.3 is 9.47 Å². The van der Waals surface area contributed by atoms with Gasteiger partial charge in [0.1, 0.15) is 11.8 Å². The largest absolute Gasteiger partial charge is 0.443 e. The van der Waals surface area contributed by atoms with Crippen molar-refractivity contribution in [1.29, 1.82) is 0 Å². The number of hydrogen-bond acceptors (Lipinski definition) is 3. The lowest BCUT2D eigenvalue weighted by molar-refractivity contribution is 0.0204. The second-order valence-corrected chi connectivity index (χ2v) is 7.04. The van der Waals surface area contributed by atoms with E-state index in [1.54, 1.807) is 11.0 Å². The van der Waals surface area contributed by atoms with Crippen LogP contribution in [0.15, 0.2) is 18.2 Å². The zero-order chi connectivity index (χ0) is 16.5. The van der Waals surface area contributed by atoms with Gasteiger partial charge in [0.2, 0.25) is 0 Å². The average Bonchev–Trinajstić information content (AvgIpc) is 2.38. The SMILES string of the molecule is CCOC1CC(C)c2cc(Cl)ccc2N1C(=O)OC(C)(C)C. The first-order valence-corrected chi connectivity index (χ1v) is 8.04. The van der Waals surface area contributed by atoms with E-state index in [9.17, 15) is 4.79 Å². The summed E-state index contributed by atoms with van der Waals surface area (Å²) in [5.41, 5.74) is 1.31. The molecule has 1 aliphatic rings. The minimum atomic E-state index is -0.552. The second-order valence-electron chi connectivity index (χ2n) is 6.60. The third kappa shape index (κ3) is 3.73. The Morgan fingerprint density at radius 3 is 2.68 bits per heavy atom. The Balaban J connectivity index is 2.42. The molecule has 0 N–H and O–H groups in total. The molecule has 1 aromatic rings. The number of nitrogens with zero attached hydrogens (tertiary/aromatic N) is 1. The molecule has 4 nitrogen and oxygen atoms in total. The van der Waals surface area contributed by atoms with E-state index in [0.717, 1.165) is 17.7 Å². The summed E-state index contributed by atoms with van der Waals surface area (Å²) in [5, 5.41) is 0.671. The molecule has 0 spiro atoms. The molecule has 1 aliphatic heterocycles. The molecular weight excluding hydrogens is 302 g/mol. The van der Waals surface area contributed by atoms with Crippen molar-refractivity contribution in [1.82, 2.24) is 0 Å². The standard InChI is InChI=1S/C17H24ClNO3/c1-6-21-15-9-11(2)13-10-12(18)7-8-14(13)19(15)16(20)22-17(3,4)5/h7-8,10-11,15H,6,9H2,1-5H3. The third-order valence-electron chi connectivity index (χ3n) is 3.57. The predicted octanol–water partition coefficient (Wildman–Crippen LogP) is 4.95. The minimum absolute atomic E-state index is 0.268. The van der Waals surface area contributed by atoms with E-state index in [1.807, 2.05) is 39.8 Å². The molecule has 0 saturated carbocycles. The second kappa shape index (κ2) is 6.47. The monoisotopic (exact) mass is 325 g/mol. The summed E-state index contributed by atoms with van der Waals surface area (Å²) >= 11 is 6.11. The highest BCUT2D eigenvalue weighted by Gasteiger charge is 2.37. The smallest absolute Gasteiger partial charge is 0.416 e. The fraction of sp³-hybridized carbons (Fsp3) is 0.588. The van der Waals surface area contributed by atoms with Gasteiger partial charge in [0, 0.05) is 11.6 Å². The number of carbonyl (C=O) groups excluding carboxylic acids is 1. The van der Waals surface area contributed by atoms with Gasteiger partial charge in [-0.3, -0.25) is 4.90 Å². The Labute approximate surface area is 137 Å². The lowest BCUT2D eigenvalue weighted by Gasteiger charge is -2.40. The Hall–Kier alpha value is -1.26. The molecule has 0 radical (unpaired) electrons. The van der Waals surface area contributed by atoms with Gasteiger partial charge in [0.25, 0.3) is 0 Å². The van der Waals surface area contributed by atoms with Crippen LogP contribution in [-0.4, -0.2) is 24.5 Å². The van der Waals surface area contributed by atoms with Crippen molar-refractivity contribution in [3.05, 3.63) is 28.8 Å². The van der Waals surface area contributed by atoms with Gasteiger partial charge in [-0.05, 0) is 63.8 Å². The first-order chi connectivity index (χ1) is 10.2. The first kappa shape index (κ1) is 17.1. The number of amides is 1. The number of fused-ring (bicyclic) bond motifs is 1. The van der Waals surface area contributed by atoms with Gasteiger partial charge in [0.05, 0.1) is 5.69 Å². The molecule has 2 rings (SSSR count). The van der Waals surface area contributed by atoms with Crippen molar-refractivity contribution in [2.45, 2.75) is 58.8 Å². The van der Waals surface area contributed by atoms with Gasteiger partial charge in [-0.15, -0.1) is 0 Å². The number of ether oxygens (including phenoxy) is 2. The summed E-state index contributed by atoms with van der Waals surface area (Å²) in [6, 6.07) is 5.57. The molecule has 2 unspecified atom stereocenters. The molecule has 22 heavy (non-hydrogen) atoms. The number of carbonyl (C=O) groups is 1. The molecule has 0 saturated heterocycles. The van der Waals surface area contributed by atoms with Crippen LogP contribution in [0.1, 0.15) is 52.5 Å². The summed E-state index contributed by atoms with van der Waals surface area (Å²) < 4.78 is 11.3. The summed E-state index contributed by atoms with van der Waals surface area (Å²) in [6.07, 6.45) is 0.0189. The molecule has 0 aromatic heterocycles. The van der Waals surface area contributed by atoms with Gasteiger partial charge in [0.15, 0.2) is 0 Å². The maximum absolute atomic E-state index is 12.6. The van der Waals surface area contributed by atoms with Crippen molar-refractivity contribution in [2.75, 3.05) is 11.5 Å². The fourth-order valence-corrected chi connectivity index (χ4v) is 2.87. The number of anilines is 1. The lowest BCUT2D eigenvalue weighted by Crippen LogP contribution is -2.48. The lowest BCUT2D eigenvalue weighted by atomic mass is 9.90. The summed E-state index contributed by atoms with van der Waals surface area (Å²) in [6.45, 7) is 10.2. The van der Waals surface area contributed by atoms with E-state index >= 15 is 0 Å². The van der Waals surface area contributed by atoms with Crippen molar-refractivity contribution in [2.24, 2.45) is 0 Å². The van der Waals surface area contributed by atoms with E-state index in [-0.39, 0.29) is 18.2 Å². The molecule has 0 aliphatic carbocycles. The van der Waals surface area contributed by atoms with Gasteiger partial charge in [-0.2, -0.15) is 0 Å². The van der Waals surface area contributed by atoms with Crippen LogP contribution in [0, 0.1) is 0 Å². The maximum atomic E-state index is 12.6. The van der Waals surface area contributed by atoms with Crippen molar-refractivity contribution < 1.29 is 14.3 Å². The molecule has 0 fully saturated rings. The van der Waals surface area contributed by atoms with Crippen LogP contribution in [0.2, 0.25) is 5.02 Å². The van der Waals surface area contributed by atoms with Crippen molar-refractivity contribution >= 4 is 23.4 Å². The average molecular weight is 326 g/mol. The molecule has 1 heterocycles. The molecule has 1 amide bonds. The zero-order valence-electron chi connectivity index (χ0n) is 13.9. The van der Waals surface area contributed by atoms with Crippen LogP contribution < -0.4 is 4.90 Å². The summed E-state index contributed by atoms with van der Waals surface area (Å²) in [5.74, 6) is 0.268. The number of benzene rings is 1. The Bertz CT molecular complexity index is 553. The first-order valence-electron chi connectivity index (χ1n) is 7.66. The van der Waals surface area contributed by atoms with Crippen LogP contribution in [-0.2, 0) is 9.47 Å². The summed E-state index contributed by atoms with van der Waals surface area (Å²) in [4.78, 5) is 14.3. The van der Waals surface area contributed by atoms with Gasteiger partial charge in [-0.25, -0.2) is 4.79 Å². The van der Waals surface area contributed by atoms with E-state index in [2.05, 4.69) is 6.92 Å². The topological polar surface area (TPSA) is 38.8 Å². The van der Waals surface area contributed by atoms with E-state index < -0.39 is 5.60 Å². The number of halogens is 1. The number of hydrogen-bond donors (Lipinski definition) is 0. The highest BCUT2D eigenvalue weighted by molar-refractivity contribution is 6.30. The fourth-order valence-electron chi connectivity index (χ4n) is 2.69. The van der Waals surface area contributed by atoms with Gasteiger partial charge >= 0.3 is 6.09 Å². The third-order valence-corrected chi connectivity index (χ3v) is 3.81. The van der Waals surface area contributed by atoms with Crippen LogP contribution in [0.5, 0.6) is 0 Å². The Kier molecular flexibility index (Phi) is 5.03. The maximum Gasteiger partial charge on any atom is 0.416 e. The van der Waals surface area contributed by atoms with Gasteiger partial charge in [-0.1, -0.05) is 18.5 Å². The molecule has 2 atom stereocenters. The van der Waals surface area contributed by atoms with Crippen LogP contribution in [0.4, 0.5) is 10.5 Å². The normalized spacial score (nSPS) is 21.5. The predicted molar refractivity (Wildman–Crippen MR) is 88.6 cm³/mol. The van der Waals surface area contributed by atoms with E-state index in [0.29, 0.717) is 11.6 Å². The number of rotatable bonds is 2. The molecule has 122 valence electrons. The molecule has 1 aromatic carbocycles. The highest BCUT2D eigenvalue weighted by atomic mass is 35.5. The quantitative estimate of drug-likeness (QED) is 0.772. The van der Waals surface area contributed by atoms with Crippen molar-refractivity contribution in [3.63, 3.8) is 0 Å². The van der Waals surface area contributed by atoms with Crippen molar-refractivity contribution in [3.8, 4) is 0 Å².